The van der Waals surface area contributed by atoms with Gasteiger partial charge >= 0.3 is 0 Å². The zero-order valence-electron chi connectivity index (χ0n) is 17.7. The molecule has 0 aliphatic heterocycles. The van der Waals surface area contributed by atoms with Crippen LogP contribution in [0.4, 0.5) is 5.69 Å². The molecule has 0 aliphatic rings. The number of hydrogen-bond donors (Lipinski definition) is 0. The van der Waals surface area contributed by atoms with Crippen molar-refractivity contribution < 1.29 is 17.9 Å². The Balaban J connectivity index is 2.11. The van der Waals surface area contributed by atoms with E-state index >= 15 is 0 Å². The topological polar surface area (TPSA) is 87.5 Å². The predicted molar refractivity (Wildman–Crippen MR) is 124 cm³/mol. The van der Waals surface area contributed by atoms with Gasteiger partial charge in [-0.15, -0.1) is 0 Å². The van der Waals surface area contributed by atoms with E-state index in [0.717, 1.165) is 12.0 Å². The summed E-state index contributed by atoms with van der Waals surface area (Å²) in [5, 5.41) is 9.69. The summed E-state index contributed by atoms with van der Waals surface area (Å²) in [6, 6.07) is 22.9. The van der Waals surface area contributed by atoms with Gasteiger partial charge in [0.25, 0.3) is 15.9 Å². The summed E-state index contributed by atoms with van der Waals surface area (Å²) < 4.78 is 32.7. The van der Waals surface area contributed by atoms with Crippen molar-refractivity contribution in [2.75, 3.05) is 11.4 Å². The average Bonchev–Trinajstić information content (AvgIpc) is 2.83. The number of rotatable bonds is 7. The van der Waals surface area contributed by atoms with Crippen LogP contribution in [0.3, 0.4) is 0 Å². The van der Waals surface area contributed by atoms with Crippen molar-refractivity contribution in [3.63, 3.8) is 0 Å². The highest BCUT2D eigenvalue weighted by Crippen LogP contribution is 2.27. The number of ether oxygens (including phenoxy) is 1. The molecule has 0 saturated heterocycles. The van der Waals surface area contributed by atoms with Crippen molar-refractivity contribution >= 4 is 27.7 Å². The molecule has 0 radical (unpaired) electrons. The molecule has 32 heavy (non-hydrogen) atoms. The molecule has 3 aromatic rings. The number of nitrogens with zero attached hydrogens (tertiary/aromatic N) is 2. The van der Waals surface area contributed by atoms with Gasteiger partial charge in [0.15, 0.2) is 0 Å². The largest absolute Gasteiger partial charge is 0.497 e. The summed E-state index contributed by atoms with van der Waals surface area (Å²) in [6.07, 6.45) is 2.12. The molecular weight excluding hydrogens is 424 g/mol. The molecule has 0 aliphatic carbocycles. The van der Waals surface area contributed by atoms with E-state index in [9.17, 15) is 18.5 Å². The maximum atomic E-state index is 13.4. The van der Waals surface area contributed by atoms with Gasteiger partial charge in [0.1, 0.15) is 17.4 Å². The lowest BCUT2D eigenvalue weighted by atomic mass is 10.1. The molecule has 3 rings (SSSR count). The van der Waals surface area contributed by atoms with Crippen molar-refractivity contribution in [2.45, 2.75) is 18.2 Å². The van der Waals surface area contributed by atoms with Gasteiger partial charge in [-0.1, -0.05) is 49.4 Å². The van der Waals surface area contributed by atoms with Gasteiger partial charge in [-0.3, -0.25) is 4.79 Å². The second kappa shape index (κ2) is 9.94. The lowest BCUT2D eigenvalue weighted by molar-refractivity contribution is -0.113. The minimum Gasteiger partial charge on any atom is -0.497 e. The van der Waals surface area contributed by atoms with Gasteiger partial charge in [-0.25, -0.2) is 8.42 Å². The molecule has 6 nitrogen and oxygen atoms in total. The van der Waals surface area contributed by atoms with Crippen molar-refractivity contribution in [1.82, 2.24) is 0 Å². The van der Waals surface area contributed by atoms with Crippen molar-refractivity contribution in [2.24, 2.45) is 0 Å². The normalized spacial score (nSPS) is 11.5. The molecule has 162 valence electrons. The molecule has 0 aromatic heterocycles. The first-order valence-electron chi connectivity index (χ1n) is 9.90. The molecule has 0 unspecified atom stereocenters. The van der Waals surface area contributed by atoms with E-state index in [1.165, 1.54) is 25.3 Å². The number of aryl methyl sites for hydroxylation is 1. The van der Waals surface area contributed by atoms with Crippen molar-refractivity contribution in [3.05, 3.63) is 95.6 Å². The van der Waals surface area contributed by atoms with E-state index < -0.39 is 15.9 Å². The van der Waals surface area contributed by atoms with Crippen LogP contribution in [0.15, 0.2) is 89.3 Å². The molecule has 3 aromatic carbocycles. The molecular formula is C25H22N2O4S. The van der Waals surface area contributed by atoms with Crippen LogP contribution in [0.25, 0.3) is 6.08 Å². The Bertz CT molecular complexity index is 1260. The second-order valence-corrected chi connectivity index (χ2v) is 8.64. The van der Waals surface area contributed by atoms with Crippen LogP contribution in [0.1, 0.15) is 18.1 Å². The number of anilines is 1. The van der Waals surface area contributed by atoms with E-state index in [0.29, 0.717) is 15.6 Å². The number of sulfonamides is 1. The van der Waals surface area contributed by atoms with Crippen LogP contribution in [0, 0.1) is 11.3 Å². The number of carbonyl (C=O) groups excluding carboxylic acids is 1. The van der Waals surface area contributed by atoms with Gasteiger partial charge in [0.05, 0.1) is 17.7 Å². The van der Waals surface area contributed by atoms with Gasteiger partial charge in [0, 0.05) is 0 Å². The molecule has 0 saturated carbocycles. The summed E-state index contributed by atoms with van der Waals surface area (Å²) in [6.45, 7) is 1.98. The van der Waals surface area contributed by atoms with Gasteiger partial charge in [-0.05, 0) is 60.0 Å². The van der Waals surface area contributed by atoms with Gasteiger partial charge < -0.3 is 4.74 Å². The maximum absolute atomic E-state index is 13.4. The van der Waals surface area contributed by atoms with E-state index in [-0.39, 0.29) is 16.2 Å². The minimum absolute atomic E-state index is 0.0466. The molecule has 0 fully saturated rings. The first-order valence-corrected chi connectivity index (χ1v) is 11.3. The summed E-state index contributed by atoms with van der Waals surface area (Å²) in [4.78, 5) is 13.4. The van der Waals surface area contributed by atoms with Gasteiger partial charge in [0.2, 0.25) is 0 Å². The molecule has 0 N–H and O–H groups in total. The third kappa shape index (κ3) is 4.88. The lowest BCUT2D eigenvalue weighted by Crippen LogP contribution is -2.37. The third-order valence-corrected chi connectivity index (χ3v) is 6.55. The first-order chi connectivity index (χ1) is 15.4. The Kier molecular flexibility index (Phi) is 7.08. The molecule has 0 atom stereocenters. The van der Waals surface area contributed by atoms with Crippen molar-refractivity contribution in [1.29, 1.82) is 5.26 Å². The van der Waals surface area contributed by atoms with Crippen LogP contribution in [-0.4, -0.2) is 21.4 Å². The smallest absolute Gasteiger partial charge is 0.282 e. The molecule has 7 heteroatoms. The van der Waals surface area contributed by atoms with Crippen molar-refractivity contribution in [3.8, 4) is 11.8 Å². The van der Waals surface area contributed by atoms with Crippen LogP contribution in [-0.2, 0) is 21.2 Å². The van der Waals surface area contributed by atoms with E-state index in [4.69, 9.17) is 4.74 Å². The molecule has 0 spiro atoms. The summed E-state index contributed by atoms with van der Waals surface area (Å²) in [7, 11) is -2.73. The van der Waals surface area contributed by atoms with Crippen LogP contribution in [0.5, 0.6) is 5.75 Å². The van der Waals surface area contributed by atoms with E-state index in [2.05, 4.69) is 0 Å². The summed E-state index contributed by atoms with van der Waals surface area (Å²) in [5.74, 6) is -0.312. The fourth-order valence-electron chi connectivity index (χ4n) is 3.05. The van der Waals surface area contributed by atoms with Gasteiger partial charge in [-0.2, -0.15) is 9.57 Å². The SMILES string of the molecule is CCc1ccc(N(C(=O)/C(C#N)=C/c2ccc(OC)cc2)S(=O)(=O)c2ccccc2)cc1. The second-order valence-electron chi connectivity index (χ2n) is 6.85. The zero-order valence-corrected chi connectivity index (χ0v) is 18.5. The molecule has 0 bridgehead atoms. The Hall–Kier alpha value is -3.89. The fourth-order valence-corrected chi connectivity index (χ4v) is 4.48. The highest BCUT2D eigenvalue weighted by Gasteiger charge is 2.33. The number of nitriles is 1. The zero-order chi connectivity index (χ0) is 23.1. The van der Waals surface area contributed by atoms with E-state index in [1.54, 1.807) is 66.7 Å². The monoisotopic (exact) mass is 446 g/mol. The first kappa shape index (κ1) is 22.8. The lowest BCUT2D eigenvalue weighted by Gasteiger charge is -2.22. The Morgan fingerprint density at radius 2 is 1.62 bits per heavy atom. The predicted octanol–water partition coefficient (Wildman–Crippen LogP) is 4.59. The van der Waals surface area contributed by atoms with Crippen LogP contribution >= 0.6 is 0 Å². The Labute approximate surface area is 188 Å². The number of hydrogen-bond acceptors (Lipinski definition) is 5. The number of benzene rings is 3. The standard InChI is InChI=1S/C25H22N2O4S/c1-3-19-9-13-22(14-10-19)27(32(29,30)24-7-5-4-6-8-24)25(28)21(18-26)17-20-11-15-23(31-2)16-12-20/h4-17H,3H2,1-2H3/b21-17+. The Morgan fingerprint density at radius 1 is 1.00 bits per heavy atom. The summed E-state index contributed by atoms with van der Waals surface area (Å²) in [5.41, 5.74) is 1.41. The van der Waals surface area contributed by atoms with E-state index in [1.807, 2.05) is 13.0 Å². The number of carbonyl (C=O) groups is 1. The number of amides is 1. The fraction of sp³-hybridized carbons (Fsp3) is 0.120. The quantitative estimate of drug-likeness (QED) is 0.391. The highest BCUT2D eigenvalue weighted by molar-refractivity contribution is 7.93. The minimum atomic E-state index is -4.26. The Morgan fingerprint density at radius 3 is 2.16 bits per heavy atom. The number of methoxy groups -OCH3 is 1. The maximum Gasteiger partial charge on any atom is 0.282 e. The molecule has 1 amide bonds. The average molecular weight is 447 g/mol. The third-order valence-electron chi connectivity index (χ3n) is 4.82. The molecule has 0 heterocycles. The van der Waals surface area contributed by atoms with Crippen LogP contribution < -0.4 is 9.04 Å². The highest BCUT2D eigenvalue weighted by atomic mass is 32.2. The summed E-state index contributed by atoms with van der Waals surface area (Å²) >= 11 is 0. The van der Waals surface area contributed by atoms with Crippen LogP contribution in [0.2, 0.25) is 0 Å².